The van der Waals surface area contributed by atoms with E-state index in [1.807, 2.05) is 12.1 Å². The molecule has 0 radical (unpaired) electrons. The molecule has 0 amide bonds. The predicted octanol–water partition coefficient (Wildman–Crippen LogP) is 4.85. The molecule has 0 bridgehead atoms. The van der Waals surface area contributed by atoms with Crippen LogP contribution in [0.5, 0.6) is 5.75 Å². The molecule has 0 aliphatic carbocycles. The summed E-state index contributed by atoms with van der Waals surface area (Å²) in [6.07, 6.45) is 0. The fourth-order valence-electron chi connectivity index (χ4n) is 2.48. The SMILES string of the molecule is Cc1ccc(OCCN(CCCl)Cc2ccccc2)c(C)c1.Cl. The largest absolute Gasteiger partial charge is 0.492 e. The normalized spacial score (nSPS) is 10.4. The van der Waals surface area contributed by atoms with E-state index in [0.29, 0.717) is 12.5 Å². The highest BCUT2D eigenvalue weighted by Crippen LogP contribution is 2.18. The molecule has 0 fully saturated rings. The molecule has 2 aromatic carbocycles. The average Bonchev–Trinajstić information content (AvgIpc) is 2.50. The van der Waals surface area contributed by atoms with Crippen LogP contribution in [0.2, 0.25) is 0 Å². The van der Waals surface area contributed by atoms with Crippen molar-refractivity contribution in [2.45, 2.75) is 20.4 Å². The van der Waals surface area contributed by atoms with Crippen LogP contribution in [0.25, 0.3) is 0 Å². The Balaban J connectivity index is 0.00000264. The van der Waals surface area contributed by atoms with Crippen LogP contribution in [-0.4, -0.2) is 30.5 Å². The van der Waals surface area contributed by atoms with Crippen molar-refractivity contribution >= 4 is 24.0 Å². The van der Waals surface area contributed by atoms with E-state index < -0.39 is 0 Å². The van der Waals surface area contributed by atoms with E-state index in [9.17, 15) is 0 Å². The topological polar surface area (TPSA) is 12.5 Å². The molecule has 0 aliphatic rings. The molecule has 23 heavy (non-hydrogen) atoms. The van der Waals surface area contributed by atoms with Crippen molar-refractivity contribution < 1.29 is 4.74 Å². The number of nitrogens with zero attached hydrogens (tertiary/aromatic N) is 1. The molecule has 0 N–H and O–H groups in total. The zero-order valence-electron chi connectivity index (χ0n) is 13.8. The lowest BCUT2D eigenvalue weighted by Gasteiger charge is -2.21. The minimum atomic E-state index is 0. The zero-order chi connectivity index (χ0) is 15.8. The van der Waals surface area contributed by atoms with Gasteiger partial charge in [0.2, 0.25) is 0 Å². The number of alkyl halides is 1. The first-order chi connectivity index (χ1) is 10.7. The van der Waals surface area contributed by atoms with Gasteiger partial charge < -0.3 is 4.74 Å². The maximum absolute atomic E-state index is 5.92. The maximum atomic E-state index is 5.92. The molecular weight excluding hydrogens is 329 g/mol. The molecule has 2 aromatic rings. The molecule has 0 aliphatic heterocycles. The fraction of sp³-hybridized carbons (Fsp3) is 0.368. The van der Waals surface area contributed by atoms with Gasteiger partial charge in [-0.2, -0.15) is 0 Å². The van der Waals surface area contributed by atoms with E-state index in [-0.39, 0.29) is 12.4 Å². The van der Waals surface area contributed by atoms with Crippen LogP contribution in [0.15, 0.2) is 48.5 Å². The van der Waals surface area contributed by atoms with E-state index in [2.05, 4.69) is 55.1 Å². The maximum Gasteiger partial charge on any atom is 0.122 e. The monoisotopic (exact) mass is 353 g/mol. The highest BCUT2D eigenvalue weighted by molar-refractivity contribution is 6.18. The van der Waals surface area contributed by atoms with Crippen molar-refractivity contribution in [3.05, 3.63) is 65.2 Å². The van der Waals surface area contributed by atoms with Crippen LogP contribution in [0.4, 0.5) is 0 Å². The first kappa shape index (κ1) is 19.8. The van der Waals surface area contributed by atoms with Crippen molar-refractivity contribution in [2.24, 2.45) is 0 Å². The van der Waals surface area contributed by atoms with Crippen LogP contribution < -0.4 is 4.74 Å². The van der Waals surface area contributed by atoms with Crippen LogP contribution >= 0.6 is 24.0 Å². The summed E-state index contributed by atoms with van der Waals surface area (Å²) < 4.78 is 5.92. The summed E-state index contributed by atoms with van der Waals surface area (Å²) in [7, 11) is 0. The smallest absolute Gasteiger partial charge is 0.122 e. The summed E-state index contributed by atoms with van der Waals surface area (Å²) in [5, 5.41) is 0. The second-order valence-corrected chi connectivity index (χ2v) is 5.95. The third-order valence-electron chi connectivity index (χ3n) is 3.65. The molecular formula is C19H25Cl2NO. The van der Waals surface area contributed by atoms with Crippen molar-refractivity contribution in [3.8, 4) is 5.75 Å². The molecule has 0 spiro atoms. The number of rotatable bonds is 8. The van der Waals surface area contributed by atoms with Gasteiger partial charge in [0.1, 0.15) is 12.4 Å². The van der Waals surface area contributed by atoms with Gasteiger partial charge in [-0.05, 0) is 31.0 Å². The van der Waals surface area contributed by atoms with E-state index in [0.717, 1.165) is 25.4 Å². The van der Waals surface area contributed by atoms with Gasteiger partial charge in [0.15, 0.2) is 0 Å². The highest BCUT2D eigenvalue weighted by atomic mass is 35.5. The van der Waals surface area contributed by atoms with Gasteiger partial charge >= 0.3 is 0 Å². The van der Waals surface area contributed by atoms with Gasteiger partial charge in [-0.15, -0.1) is 24.0 Å². The van der Waals surface area contributed by atoms with Gasteiger partial charge in [0.25, 0.3) is 0 Å². The Labute approximate surface area is 150 Å². The van der Waals surface area contributed by atoms with Crippen LogP contribution in [-0.2, 0) is 6.54 Å². The molecule has 2 rings (SSSR count). The van der Waals surface area contributed by atoms with E-state index in [1.165, 1.54) is 16.7 Å². The minimum absolute atomic E-state index is 0. The van der Waals surface area contributed by atoms with Crippen molar-refractivity contribution in [3.63, 3.8) is 0 Å². The Hall–Kier alpha value is -1.22. The number of ether oxygens (including phenoxy) is 1. The first-order valence-corrected chi connectivity index (χ1v) is 8.25. The zero-order valence-corrected chi connectivity index (χ0v) is 15.4. The second kappa shape index (κ2) is 10.5. The minimum Gasteiger partial charge on any atom is -0.492 e. The lowest BCUT2D eigenvalue weighted by atomic mass is 10.1. The third-order valence-corrected chi connectivity index (χ3v) is 3.81. The molecule has 0 heterocycles. The molecule has 0 saturated heterocycles. The second-order valence-electron chi connectivity index (χ2n) is 5.57. The summed E-state index contributed by atoms with van der Waals surface area (Å²) in [4.78, 5) is 2.33. The Morgan fingerprint density at radius 3 is 2.39 bits per heavy atom. The fourth-order valence-corrected chi connectivity index (χ4v) is 2.72. The summed E-state index contributed by atoms with van der Waals surface area (Å²) in [5.41, 5.74) is 3.75. The van der Waals surface area contributed by atoms with E-state index in [4.69, 9.17) is 16.3 Å². The van der Waals surface area contributed by atoms with Gasteiger partial charge in [-0.25, -0.2) is 0 Å². The van der Waals surface area contributed by atoms with Crippen molar-refractivity contribution in [1.82, 2.24) is 4.90 Å². The van der Waals surface area contributed by atoms with Gasteiger partial charge in [-0.1, -0.05) is 48.0 Å². The van der Waals surface area contributed by atoms with E-state index >= 15 is 0 Å². The Morgan fingerprint density at radius 2 is 1.74 bits per heavy atom. The van der Waals surface area contributed by atoms with Gasteiger partial charge in [-0.3, -0.25) is 4.90 Å². The number of hydrogen-bond donors (Lipinski definition) is 0. The number of benzene rings is 2. The standard InChI is InChI=1S/C19H24ClNO.ClH/c1-16-8-9-19(17(2)14-16)22-13-12-21(11-10-20)15-18-6-4-3-5-7-18;/h3-9,14H,10-13,15H2,1-2H3;1H. The Kier molecular flexibility index (Phi) is 9.08. The summed E-state index contributed by atoms with van der Waals surface area (Å²) in [5.74, 6) is 1.60. The molecule has 0 unspecified atom stereocenters. The molecule has 4 heteroatoms. The summed E-state index contributed by atoms with van der Waals surface area (Å²) in [6, 6.07) is 16.8. The Morgan fingerprint density at radius 1 is 1.00 bits per heavy atom. The van der Waals surface area contributed by atoms with Crippen LogP contribution in [0.1, 0.15) is 16.7 Å². The van der Waals surface area contributed by atoms with Crippen molar-refractivity contribution in [2.75, 3.05) is 25.6 Å². The van der Waals surface area contributed by atoms with Crippen LogP contribution in [0, 0.1) is 13.8 Å². The number of hydrogen-bond acceptors (Lipinski definition) is 2. The van der Waals surface area contributed by atoms with Crippen molar-refractivity contribution in [1.29, 1.82) is 0 Å². The Bertz CT molecular complexity index is 575. The highest BCUT2D eigenvalue weighted by Gasteiger charge is 2.06. The van der Waals surface area contributed by atoms with E-state index in [1.54, 1.807) is 0 Å². The molecule has 126 valence electrons. The molecule has 0 aromatic heterocycles. The summed E-state index contributed by atoms with van der Waals surface area (Å²) >= 11 is 5.92. The third kappa shape index (κ3) is 6.82. The molecule has 0 atom stereocenters. The van der Waals surface area contributed by atoms with Crippen LogP contribution in [0.3, 0.4) is 0 Å². The molecule has 0 saturated carbocycles. The number of aryl methyl sites for hydroxylation is 2. The number of halogens is 2. The predicted molar refractivity (Wildman–Crippen MR) is 101 cm³/mol. The lowest BCUT2D eigenvalue weighted by Crippen LogP contribution is -2.30. The van der Waals surface area contributed by atoms with Gasteiger partial charge in [0, 0.05) is 25.5 Å². The summed E-state index contributed by atoms with van der Waals surface area (Å²) in [6.45, 7) is 7.50. The lowest BCUT2D eigenvalue weighted by molar-refractivity contribution is 0.210. The average molecular weight is 354 g/mol. The first-order valence-electron chi connectivity index (χ1n) is 7.71. The van der Waals surface area contributed by atoms with Gasteiger partial charge in [0.05, 0.1) is 0 Å². The molecule has 2 nitrogen and oxygen atoms in total. The quantitative estimate of drug-likeness (QED) is 0.629.